The van der Waals surface area contributed by atoms with E-state index in [1.807, 2.05) is 49.4 Å². The van der Waals surface area contributed by atoms with Gasteiger partial charge in [0.1, 0.15) is 5.58 Å². The summed E-state index contributed by atoms with van der Waals surface area (Å²) >= 11 is 12.6. The molecule has 30 heavy (non-hydrogen) atoms. The molecular weight excluding hydrogens is 419 g/mol. The van der Waals surface area contributed by atoms with Gasteiger partial charge in [-0.1, -0.05) is 66.2 Å². The van der Waals surface area contributed by atoms with E-state index in [0.29, 0.717) is 26.9 Å². The fraction of sp³-hybridized carbons (Fsp3) is 0.0417. The fourth-order valence-electron chi connectivity index (χ4n) is 3.31. The summed E-state index contributed by atoms with van der Waals surface area (Å²) in [6, 6.07) is 19.7. The van der Waals surface area contributed by atoms with Crippen molar-refractivity contribution in [2.24, 2.45) is 0 Å². The predicted molar refractivity (Wildman–Crippen MR) is 125 cm³/mol. The Hall–Kier alpha value is -3.21. The van der Waals surface area contributed by atoms with E-state index in [0.717, 1.165) is 22.1 Å². The van der Waals surface area contributed by atoms with Gasteiger partial charge in [-0.2, -0.15) is 0 Å². The third-order valence-electron chi connectivity index (χ3n) is 4.66. The molecule has 1 aromatic heterocycles. The van der Waals surface area contributed by atoms with Crippen molar-refractivity contribution in [3.05, 3.63) is 88.9 Å². The highest BCUT2D eigenvalue weighted by molar-refractivity contribution is 6.34. The lowest BCUT2D eigenvalue weighted by atomic mass is 10.0. The molecule has 0 saturated carbocycles. The van der Waals surface area contributed by atoms with Gasteiger partial charge in [0.05, 0.1) is 5.56 Å². The number of amides is 2. The number of allylic oxidation sites excluding steroid dienone is 1. The number of benzene rings is 3. The van der Waals surface area contributed by atoms with Gasteiger partial charge in [-0.25, -0.2) is 4.79 Å². The molecule has 2 N–H and O–H groups in total. The minimum Gasteiger partial charge on any atom is -0.440 e. The average molecular weight is 437 g/mol. The van der Waals surface area contributed by atoms with Crippen molar-refractivity contribution in [1.82, 2.24) is 0 Å². The van der Waals surface area contributed by atoms with Crippen LogP contribution in [0, 0.1) is 0 Å². The third kappa shape index (κ3) is 3.92. The van der Waals surface area contributed by atoms with Crippen molar-refractivity contribution in [2.75, 3.05) is 10.6 Å². The molecule has 0 bridgehead atoms. The number of nitrogens with one attached hydrogen (secondary N) is 2. The van der Waals surface area contributed by atoms with E-state index in [1.165, 1.54) is 0 Å². The first-order chi connectivity index (χ1) is 14.4. The quantitative estimate of drug-likeness (QED) is 0.339. The van der Waals surface area contributed by atoms with Crippen LogP contribution in [0.25, 0.3) is 27.7 Å². The lowest BCUT2D eigenvalue weighted by Gasteiger charge is -2.12. The van der Waals surface area contributed by atoms with Crippen LogP contribution in [0.15, 0.2) is 77.7 Å². The molecule has 0 saturated heterocycles. The molecule has 0 fully saturated rings. The molecule has 150 valence electrons. The largest absolute Gasteiger partial charge is 0.440 e. The number of halogens is 2. The minimum atomic E-state index is -0.442. The topological polar surface area (TPSA) is 54.3 Å². The van der Waals surface area contributed by atoms with Crippen LogP contribution in [-0.2, 0) is 0 Å². The van der Waals surface area contributed by atoms with Crippen molar-refractivity contribution in [3.8, 4) is 11.1 Å². The Kier molecular flexibility index (Phi) is 5.53. The van der Waals surface area contributed by atoms with Gasteiger partial charge >= 0.3 is 6.03 Å². The van der Waals surface area contributed by atoms with Gasteiger partial charge in [0.15, 0.2) is 0 Å². The van der Waals surface area contributed by atoms with E-state index in [2.05, 4.69) is 17.2 Å². The number of anilines is 2. The van der Waals surface area contributed by atoms with Crippen LogP contribution in [0.2, 0.25) is 10.0 Å². The first-order valence-corrected chi connectivity index (χ1v) is 9.99. The highest BCUT2D eigenvalue weighted by Gasteiger charge is 2.20. The zero-order valence-corrected chi connectivity index (χ0v) is 17.6. The van der Waals surface area contributed by atoms with E-state index in [1.54, 1.807) is 24.3 Å². The summed E-state index contributed by atoms with van der Waals surface area (Å²) < 4.78 is 5.94. The van der Waals surface area contributed by atoms with Gasteiger partial charge in [0.25, 0.3) is 0 Å². The Balaban J connectivity index is 1.75. The molecule has 0 unspecified atom stereocenters. The van der Waals surface area contributed by atoms with Crippen molar-refractivity contribution < 1.29 is 9.21 Å². The summed E-state index contributed by atoms with van der Waals surface area (Å²) in [5.74, 6) is 0.283. The van der Waals surface area contributed by atoms with E-state index < -0.39 is 6.03 Å². The molecule has 6 heteroatoms. The van der Waals surface area contributed by atoms with Crippen LogP contribution in [-0.4, -0.2) is 6.03 Å². The fourth-order valence-corrected chi connectivity index (χ4v) is 3.71. The lowest BCUT2D eigenvalue weighted by molar-refractivity contribution is 0.261. The molecule has 0 aliphatic rings. The number of carbonyl (C=O) groups is 1. The summed E-state index contributed by atoms with van der Waals surface area (Å²) in [6.45, 7) is 5.85. The highest BCUT2D eigenvalue weighted by atomic mass is 35.5. The standard InChI is InChI=1S/C24H18Cl2N2O2/c1-14(2)16-7-4-6-10-20(16)27-24(29)28-23-22(17-8-3-5-9-19(17)26)18-13-15(25)11-12-21(18)30-23/h3-13H,1H2,2H3,(H2,27,28,29). The summed E-state index contributed by atoms with van der Waals surface area (Å²) in [7, 11) is 0. The monoisotopic (exact) mass is 436 g/mol. The maximum atomic E-state index is 12.8. The molecule has 0 aliphatic carbocycles. The maximum Gasteiger partial charge on any atom is 0.326 e. The van der Waals surface area contributed by atoms with E-state index in [4.69, 9.17) is 27.6 Å². The lowest BCUT2D eigenvalue weighted by Crippen LogP contribution is -2.20. The van der Waals surface area contributed by atoms with Crippen LogP contribution in [0.3, 0.4) is 0 Å². The molecule has 2 amide bonds. The van der Waals surface area contributed by atoms with E-state index in [9.17, 15) is 4.79 Å². The Morgan fingerprint density at radius 1 is 0.967 bits per heavy atom. The zero-order valence-electron chi connectivity index (χ0n) is 16.1. The summed E-state index contributed by atoms with van der Waals surface area (Å²) in [6.07, 6.45) is 0. The molecule has 4 rings (SSSR count). The van der Waals surface area contributed by atoms with Crippen LogP contribution in [0.5, 0.6) is 0 Å². The summed E-state index contributed by atoms with van der Waals surface area (Å²) in [4.78, 5) is 12.8. The van der Waals surface area contributed by atoms with Gasteiger partial charge in [0.2, 0.25) is 5.88 Å². The highest BCUT2D eigenvalue weighted by Crippen LogP contribution is 2.42. The average Bonchev–Trinajstić information content (AvgIpc) is 3.05. The second-order valence-electron chi connectivity index (χ2n) is 6.83. The smallest absolute Gasteiger partial charge is 0.326 e. The normalized spacial score (nSPS) is 10.8. The molecule has 0 spiro atoms. The Labute approximate surface area is 184 Å². The maximum absolute atomic E-state index is 12.8. The van der Waals surface area contributed by atoms with Gasteiger partial charge in [-0.15, -0.1) is 0 Å². The minimum absolute atomic E-state index is 0.283. The molecule has 4 nitrogen and oxygen atoms in total. The Morgan fingerprint density at radius 3 is 2.47 bits per heavy atom. The second-order valence-corrected chi connectivity index (χ2v) is 7.68. The number of hydrogen-bond donors (Lipinski definition) is 2. The molecule has 3 aromatic carbocycles. The van der Waals surface area contributed by atoms with E-state index >= 15 is 0 Å². The molecule has 0 aliphatic heterocycles. The number of rotatable bonds is 4. The Morgan fingerprint density at radius 2 is 1.70 bits per heavy atom. The molecule has 1 heterocycles. The SMILES string of the molecule is C=C(C)c1ccccc1NC(=O)Nc1oc2ccc(Cl)cc2c1-c1ccccc1Cl. The Bertz CT molecular complexity index is 1280. The number of fused-ring (bicyclic) bond motifs is 1. The van der Waals surface area contributed by atoms with Gasteiger partial charge in [-0.05, 0) is 42.8 Å². The van der Waals surface area contributed by atoms with Gasteiger partial charge < -0.3 is 9.73 Å². The summed E-state index contributed by atoms with van der Waals surface area (Å²) in [5, 5.41) is 7.53. The molecule has 0 radical (unpaired) electrons. The number of furan rings is 1. The first kappa shape index (κ1) is 20.1. The number of urea groups is 1. The number of para-hydroxylation sites is 1. The second kappa shape index (κ2) is 8.27. The summed E-state index contributed by atoms with van der Waals surface area (Å²) in [5.41, 5.74) is 4.35. The van der Waals surface area contributed by atoms with Crippen molar-refractivity contribution in [3.63, 3.8) is 0 Å². The van der Waals surface area contributed by atoms with Crippen molar-refractivity contribution >= 4 is 57.3 Å². The van der Waals surface area contributed by atoms with Crippen LogP contribution < -0.4 is 10.6 Å². The van der Waals surface area contributed by atoms with Gasteiger partial charge in [-0.3, -0.25) is 5.32 Å². The van der Waals surface area contributed by atoms with Gasteiger partial charge in [0, 0.05) is 32.2 Å². The predicted octanol–water partition coefficient (Wildman–Crippen LogP) is 8.08. The molecule has 4 aromatic rings. The van der Waals surface area contributed by atoms with Crippen LogP contribution in [0.1, 0.15) is 12.5 Å². The van der Waals surface area contributed by atoms with Crippen LogP contribution in [0.4, 0.5) is 16.4 Å². The molecular formula is C24H18Cl2N2O2. The molecule has 0 atom stereocenters. The van der Waals surface area contributed by atoms with E-state index in [-0.39, 0.29) is 5.88 Å². The van der Waals surface area contributed by atoms with Crippen LogP contribution >= 0.6 is 23.2 Å². The first-order valence-electron chi connectivity index (χ1n) is 9.24. The zero-order chi connectivity index (χ0) is 21.3. The number of carbonyl (C=O) groups excluding carboxylic acids is 1. The van der Waals surface area contributed by atoms with Crippen molar-refractivity contribution in [1.29, 1.82) is 0 Å². The van der Waals surface area contributed by atoms with Crippen molar-refractivity contribution in [2.45, 2.75) is 6.92 Å². The number of hydrogen-bond acceptors (Lipinski definition) is 2. The third-order valence-corrected chi connectivity index (χ3v) is 5.22.